The Labute approximate surface area is 112 Å². The van der Waals surface area contributed by atoms with Crippen molar-refractivity contribution >= 4 is 11.3 Å². The van der Waals surface area contributed by atoms with Crippen LogP contribution in [0.15, 0.2) is 23.7 Å². The number of hydrogen-bond donors (Lipinski definition) is 0. The number of aromatic nitrogens is 2. The molecule has 0 N–H and O–H groups in total. The van der Waals surface area contributed by atoms with Crippen LogP contribution in [0.5, 0.6) is 0 Å². The van der Waals surface area contributed by atoms with Crippen molar-refractivity contribution in [3.8, 4) is 0 Å². The molecule has 0 amide bonds. The van der Waals surface area contributed by atoms with Crippen LogP contribution in [0.25, 0.3) is 0 Å². The second-order valence-electron chi connectivity index (χ2n) is 5.03. The van der Waals surface area contributed by atoms with Gasteiger partial charge in [-0.25, -0.2) is 4.98 Å². The molecule has 96 valence electrons. The molecule has 2 aromatic heterocycles. The third-order valence-corrected chi connectivity index (χ3v) is 4.54. The van der Waals surface area contributed by atoms with Crippen LogP contribution < -0.4 is 0 Å². The molecule has 0 aliphatic carbocycles. The molecule has 1 aliphatic rings. The molecule has 18 heavy (non-hydrogen) atoms. The van der Waals surface area contributed by atoms with Crippen LogP contribution in [0.2, 0.25) is 0 Å². The normalized spacial score (nSPS) is 20.7. The minimum atomic E-state index is 0.562. The highest BCUT2D eigenvalue weighted by molar-refractivity contribution is 7.09. The van der Waals surface area contributed by atoms with E-state index in [1.165, 1.54) is 35.8 Å². The van der Waals surface area contributed by atoms with Crippen molar-refractivity contribution in [1.29, 1.82) is 0 Å². The number of nitrogens with zero attached hydrogens (tertiary/aromatic N) is 3. The summed E-state index contributed by atoms with van der Waals surface area (Å²) in [6.07, 6.45) is 4.69. The molecule has 2 aromatic rings. The van der Waals surface area contributed by atoms with E-state index in [-0.39, 0.29) is 0 Å². The van der Waals surface area contributed by atoms with Gasteiger partial charge in [0.2, 0.25) is 0 Å². The Kier molecular flexibility index (Phi) is 3.22. The third kappa shape index (κ3) is 2.22. The maximum absolute atomic E-state index is 4.58. The molecule has 1 aliphatic heterocycles. The van der Waals surface area contributed by atoms with Crippen LogP contribution in [0, 0.1) is 6.92 Å². The Morgan fingerprint density at radius 1 is 1.50 bits per heavy atom. The molecule has 0 unspecified atom stereocenters. The van der Waals surface area contributed by atoms with Gasteiger partial charge in [-0.2, -0.15) is 0 Å². The van der Waals surface area contributed by atoms with Crippen molar-refractivity contribution in [3.05, 3.63) is 40.1 Å². The zero-order valence-electron chi connectivity index (χ0n) is 11.0. The zero-order chi connectivity index (χ0) is 12.5. The maximum atomic E-state index is 4.58. The first kappa shape index (κ1) is 11.9. The fraction of sp³-hybridized carbons (Fsp3) is 0.500. The average Bonchev–Trinajstić information content (AvgIpc) is 3.02. The summed E-state index contributed by atoms with van der Waals surface area (Å²) in [7, 11) is 2.14. The highest BCUT2D eigenvalue weighted by Gasteiger charge is 2.27. The van der Waals surface area contributed by atoms with E-state index in [9.17, 15) is 0 Å². The van der Waals surface area contributed by atoms with Gasteiger partial charge in [-0.05, 0) is 38.4 Å². The molecule has 0 spiro atoms. The number of thiazole rings is 1. The summed E-state index contributed by atoms with van der Waals surface area (Å²) in [6.45, 7) is 4.25. The van der Waals surface area contributed by atoms with Crippen molar-refractivity contribution in [3.63, 3.8) is 0 Å². The molecule has 0 bridgehead atoms. The standard InChI is InChI=1S/C14H19N3S/c1-11-15-12(10-18-11)9-17-8-4-6-14(17)13-5-3-7-16(13)2/h3,5,7,10,14H,4,6,8-9H2,1-2H3/t14-/m1/s1. The Hall–Kier alpha value is -1.13. The molecule has 3 heterocycles. The fourth-order valence-corrected chi connectivity index (χ4v) is 3.46. The van der Waals surface area contributed by atoms with Crippen molar-refractivity contribution in [2.75, 3.05) is 6.54 Å². The van der Waals surface area contributed by atoms with E-state index in [4.69, 9.17) is 0 Å². The second kappa shape index (κ2) is 4.86. The molecular weight excluding hydrogens is 242 g/mol. The van der Waals surface area contributed by atoms with Gasteiger partial charge in [0.15, 0.2) is 0 Å². The van der Waals surface area contributed by atoms with Gasteiger partial charge in [-0.15, -0.1) is 11.3 Å². The number of aryl methyl sites for hydroxylation is 2. The van der Waals surface area contributed by atoms with E-state index in [0.29, 0.717) is 6.04 Å². The van der Waals surface area contributed by atoms with Gasteiger partial charge >= 0.3 is 0 Å². The molecular formula is C14H19N3S. The van der Waals surface area contributed by atoms with Crippen LogP contribution in [0.1, 0.15) is 35.3 Å². The molecule has 0 radical (unpaired) electrons. The lowest BCUT2D eigenvalue weighted by atomic mass is 10.1. The Balaban J connectivity index is 1.77. The van der Waals surface area contributed by atoms with Gasteiger partial charge in [0, 0.05) is 30.9 Å². The monoisotopic (exact) mass is 261 g/mol. The van der Waals surface area contributed by atoms with Crippen LogP contribution >= 0.6 is 11.3 Å². The molecule has 1 saturated heterocycles. The van der Waals surface area contributed by atoms with E-state index in [2.05, 4.69) is 52.1 Å². The first-order valence-corrected chi connectivity index (χ1v) is 7.38. The van der Waals surface area contributed by atoms with Crippen LogP contribution in [-0.4, -0.2) is 21.0 Å². The topological polar surface area (TPSA) is 21.1 Å². The van der Waals surface area contributed by atoms with E-state index in [0.717, 1.165) is 6.54 Å². The summed E-state index contributed by atoms with van der Waals surface area (Å²) in [4.78, 5) is 7.14. The molecule has 4 heteroatoms. The lowest BCUT2D eigenvalue weighted by molar-refractivity contribution is 0.238. The largest absolute Gasteiger partial charge is 0.353 e. The maximum Gasteiger partial charge on any atom is 0.0897 e. The first-order valence-electron chi connectivity index (χ1n) is 6.50. The average molecular weight is 261 g/mol. The lowest BCUT2D eigenvalue weighted by Crippen LogP contribution is -2.24. The Morgan fingerprint density at radius 2 is 2.39 bits per heavy atom. The van der Waals surface area contributed by atoms with Crippen LogP contribution in [-0.2, 0) is 13.6 Å². The van der Waals surface area contributed by atoms with Crippen molar-refractivity contribution in [2.45, 2.75) is 32.4 Å². The zero-order valence-corrected chi connectivity index (χ0v) is 11.8. The first-order chi connectivity index (χ1) is 8.74. The summed E-state index contributed by atoms with van der Waals surface area (Å²) in [5, 5.41) is 3.36. The van der Waals surface area contributed by atoms with Crippen LogP contribution in [0.3, 0.4) is 0 Å². The minimum Gasteiger partial charge on any atom is -0.353 e. The van der Waals surface area contributed by atoms with E-state index >= 15 is 0 Å². The summed E-state index contributed by atoms with van der Waals surface area (Å²) in [6, 6.07) is 4.95. The highest BCUT2D eigenvalue weighted by atomic mass is 32.1. The second-order valence-corrected chi connectivity index (χ2v) is 6.09. The third-order valence-electron chi connectivity index (χ3n) is 3.72. The molecule has 0 saturated carbocycles. The van der Waals surface area contributed by atoms with Gasteiger partial charge < -0.3 is 4.57 Å². The smallest absolute Gasteiger partial charge is 0.0897 e. The van der Waals surface area contributed by atoms with Crippen molar-refractivity contribution in [2.24, 2.45) is 7.05 Å². The number of rotatable bonds is 3. The molecule has 1 atom stereocenters. The Bertz CT molecular complexity index is 529. The predicted molar refractivity (Wildman–Crippen MR) is 74.6 cm³/mol. The molecule has 3 rings (SSSR count). The van der Waals surface area contributed by atoms with Crippen molar-refractivity contribution in [1.82, 2.24) is 14.5 Å². The SMILES string of the molecule is Cc1nc(CN2CCC[C@@H]2c2cccn2C)cs1. The quantitative estimate of drug-likeness (QED) is 0.846. The summed E-state index contributed by atoms with van der Waals surface area (Å²) < 4.78 is 2.25. The summed E-state index contributed by atoms with van der Waals surface area (Å²) in [5.74, 6) is 0. The van der Waals surface area contributed by atoms with Gasteiger partial charge in [-0.3, -0.25) is 4.90 Å². The van der Waals surface area contributed by atoms with Gasteiger partial charge in [0.05, 0.1) is 16.7 Å². The van der Waals surface area contributed by atoms with E-state index < -0.39 is 0 Å². The summed E-state index contributed by atoms with van der Waals surface area (Å²) >= 11 is 1.75. The van der Waals surface area contributed by atoms with Crippen molar-refractivity contribution < 1.29 is 0 Å². The number of likely N-dealkylation sites (tertiary alicyclic amines) is 1. The van der Waals surface area contributed by atoms with E-state index in [1.807, 2.05) is 0 Å². The number of hydrogen-bond acceptors (Lipinski definition) is 3. The van der Waals surface area contributed by atoms with Crippen LogP contribution in [0.4, 0.5) is 0 Å². The fourth-order valence-electron chi connectivity index (χ4n) is 2.86. The van der Waals surface area contributed by atoms with Gasteiger partial charge in [-0.1, -0.05) is 0 Å². The summed E-state index contributed by atoms with van der Waals surface area (Å²) in [5.41, 5.74) is 2.65. The molecule has 1 fully saturated rings. The lowest BCUT2D eigenvalue weighted by Gasteiger charge is -2.24. The minimum absolute atomic E-state index is 0.562. The Morgan fingerprint density at radius 3 is 3.06 bits per heavy atom. The van der Waals surface area contributed by atoms with Gasteiger partial charge in [0.25, 0.3) is 0 Å². The molecule has 3 nitrogen and oxygen atoms in total. The van der Waals surface area contributed by atoms with E-state index in [1.54, 1.807) is 11.3 Å². The molecule has 0 aromatic carbocycles. The highest BCUT2D eigenvalue weighted by Crippen LogP contribution is 2.33. The predicted octanol–water partition coefficient (Wildman–Crippen LogP) is 3.13. The van der Waals surface area contributed by atoms with Gasteiger partial charge in [0.1, 0.15) is 0 Å².